The van der Waals surface area contributed by atoms with Crippen LogP contribution in [0.15, 0.2) is 60.7 Å². The zero-order valence-electron chi connectivity index (χ0n) is 11.6. The number of carboxylic acids is 1. The van der Waals surface area contributed by atoms with Crippen LogP contribution in [0.5, 0.6) is 5.75 Å². The molecule has 0 aliphatic heterocycles. The number of aromatic hydroxyl groups is 1. The molecule has 0 atom stereocenters. The van der Waals surface area contributed by atoms with Crippen molar-refractivity contribution < 1.29 is 15.0 Å². The van der Waals surface area contributed by atoms with Gasteiger partial charge in [0.1, 0.15) is 5.75 Å². The van der Waals surface area contributed by atoms with Crippen LogP contribution in [0.1, 0.15) is 29.8 Å². The maximum Gasteiger partial charge on any atom is 0.335 e. The van der Waals surface area contributed by atoms with Gasteiger partial charge in [-0.3, -0.25) is 0 Å². The van der Waals surface area contributed by atoms with Crippen molar-refractivity contribution in [2.24, 2.45) is 0 Å². The summed E-state index contributed by atoms with van der Waals surface area (Å²) in [6.45, 7) is 4.05. The predicted octanol–water partition coefficient (Wildman–Crippen LogP) is 4.20. The predicted molar refractivity (Wildman–Crippen MR) is 80.8 cm³/mol. The standard InChI is InChI=1S/C10H12O.C7H6O2/c1-3-8(2)9-4-6-10(11)7-5-9;8-7(9)6-4-2-1-3-5-6/h3-7,11H,1-2H3;1-5H,(H,8,9). The van der Waals surface area contributed by atoms with E-state index in [0.717, 1.165) is 5.56 Å². The molecule has 104 valence electrons. The van der Waals surface area contributed by atoms with Gasteiger partial charge in [0.15, 0.2) is 0 Å². The van der Waals surface area contributed by atoms with E-state index < -0.39 is 5.97 Å². The van der Waals surface area contributed by atoms with Crippen LogP contribution in [0.3, 0.4) is 0 Å². The lowest BCUT2D eigenvalue weighted by atomic mass is 10.1. The van der Waals surface area contributed by atoms with E-state index in [-0.39, 0.29) is 0 Å². The molecule has 0 saturated carbocycles. The minimum atomic E-state index is -0.879. The summed E-state index contributed by atoms with van der Waals surface area (Å²) in [4.78, 5) is 10.2. The number of carboxylic acid groups (broad SMARTS) is 1. The number of phenolic OH excluding ortho intramolecular Hbond substituents is 1. The first-order valence-corrected chi connectivity index (χ1v) is 6.25. The Balaban J connectivity index is 0.000000204. The van der Waals surface area contributed by atoms with E-state index in [1.54, 1.807) is 42.5 Å². The maximum absolute atomic E-state index is 10.2. The van der Waals surface area contributed by atoms with E-state index in [2.05, 4.69) is 0 Å². The molecular weight excluding hydrogens is 252 g/mol. The van der Waals surface area contributed by atoms with Gasteiger partial charge in [0, 0.05) is 0 Å². The van der Waals surface area contributed by atoms with Crippen LogP contribution < -0.4 is 0 Å². The molecule has 2 rings (SSSR count). The number of benzene rings is 2. The Morgan fingerprint density at radius 3 is 1.90 bits per heavy atom. The van der Waals surface area contributed by atoms with E-state index in [9.17, 15) is 4.79 Å². The molecule has 2 aromatic rings. The van der Waals surface area contributed by atoms with Crippen molar-refractivity contribution in [3.05, 3.63) is 71.8 Å². The largest absolute Gasteiger partial charge is 0.508 e. The third kappa shape index (κ3) is 4.98. The Labute approximate surface area is 118 Å². The van der Waals surface area contributed by atoms with Gasteiger partial charge in [0.25, 0.3) is 0 Å². The van der Waals surface area contributed by atoms with Crippen molar-refractivity contribution in [2.75, 3.05) is 0 Å². The molecule has 3 heteroatoms. The van der Waals surface area contributed by atoms with Gasteiger partial charge in [0.05, 0.1) is 5.56 Å². The summed E-state index contributed by atoms with van der Waals surface area (Å²) in [7, 11) is 0. The summed E-state index contributed by atoms with van der Waals surface area (Å²) < 4.78 is 0. The lowest BCUT2D eigenvalue weighted by molar-refractivity contribution is 0.0697. The van der Waals surface area contributed by atoms with E-state index in [4.69, 9.17) is 10.2 Å². The van der Waals surface area contributed by atoms with Crippen molar-refractivity contribution in [1.29, 1.82) is 0 Å². The third-order valence-corrected chi connectivity index (χ3v) is 2.78. The van der Waals surface area contributed by atoms with Gasteiger partial charge in [0.2, 0.25) is 0 Å². The highest BCUT2D eigenvalue weighted by Gasteiger charge is 1.96. The van der Waals surface area contributed by atoms with Crippen molar-refractivity contribution >= 4 is 11.5 Å². The van der Waals surface area contributed by atoms with Gasteiger partial charge in [-0.25, -0.2) is 4.79 Å². The normalized spacial score (nSPS) is 10.4. The Morgan fingerprint density at radius 1 is 0.950 bits per heavy atom. The fourth-order valence-electron chi connectivity index (χ4n) is 1.47. The molecule has 0 bridgehead atoms. The van der Waals surface area contributed by atoms with Crippen LogP contribution in [-0.2, 0) is 0 Å². The molecule has 0 heterocycles. The van der Waals surface area contributed by atoms with Crippen molar-refractivity contribution in [3.63, 3.8) is 0 Å². The second-order valence-electron chi connectivity index (χ2n) is 4.19. The first-order valence-electron chi connectivity index (χ1n) is 6.25. The number of hydrogen-bond donors (Lipinski definition) is 2. The number of rotatable bonds is 2. The van der Waals surface area contributed by atoms with Crippen molar-refractivity contribution in [1.82, 2.24) is 0 Å². The zero-order chi connectivity index (χ0) is 15.0. The quantitative estimate of drug-likeness (QED) is 0.859. The summed E-state index contributed by atoms with van der Waals surface area (Å²) in [6, 6.07) is 15.5. The SMILES string of the molecule is CC=C(C)c1ccc(O)cc1.O=C(O)c1ccccc1. The summed E-state index contributed by atoms with van der Waals surface area (Å²) >= 11 is 0. The van der Waals surface area contributed by atoms with E-state index >= 15 is 0 Å². The third-order valence-electron chi connectivity index (χ3n) is 2.78. The molecule has 0 radical (unpaired) electrons. The average molecular weight is 270 g/mol. The van der Waals surface area contributed by atoms with Crippen LogP contribution in [0.2, 0.25) is 0 Å². The van der Waals surface area contributed by atoms with Gasteiger partial charge >= 0.3 is 5.97 Å². The van der Waals surface area contributed by atoms with Gasteiger partial charge in [-0.2, -0.15) is 0 Å². The molecule has 0 aromatic heterocycles. The molecule has 0 aliphatic carbocycles. The number of allylic oxidation sites excluding steroid dienone is 2. The van der Waals surface area contributed by atoms with Crippen LogP contribution in [0.4, 0.5) is 0 Å². The van der Waals surface area contributed by atoms with Gasteiger partial charge < -0.3 is 10.2 Å². The van der Waals surface area contributed by atoms with Gasteiger partial charge in [-0.05, 0) is 49.2 Å². The van der Waals surface area contributed by atoms with Crippen LogP contribution in [0, 0.1) is 0 Å². The highest BCUT2D eigenvalue weighted by Crippen LogP contribution is 2.16. The number of phenols is 1. The summed E-state index contributed by atoms with van der Waals surface area (Å²) in [6.07, 6.45) is 2.05. The Morgan fingerprint density at radius 2 is 1.50 bits per heavy atom. The Bertz CT molecular complexity index is 569. The van der Waals surface area contributed by atoms with Crippen molar-refractivity contribution in [2.45, 2.75) is 13.8 Å². The smallest absolute Gasteiger partial charge is 0.335 e. The minimum Gasteiger partial charge on any atom is -0.508 e. The summed E-state index contributed by atoms with van der Waals surface area (Å²) in [5.74, 6) is -0.562. The lowest BCUT2D eigenvalue weighted by Crippen LogP contribution is -1.93. The molecule has 2 N–H and O–H groups in total. The number of carbonyl (C=O) groups is 1. The first kappa shape index (κ1) is 15.5. The molecule has 0 saturated heterocycles. The lowest BCUT2D eigenvalue weighted by Gasteiger charge is -1.99. The topological polar surface area (TPSA) is 57.5 Å². The first-order chi connectivity index (χ1) is 9.54. The fourth-order valence-corrected chi connectivity index (χ4v) is 1.47. The van der Waals surface area contributed by atoms with E-state index in [0.29, 0.717) is 11.3 Å². The monoisotopic (exact) mass is 270 g/mol. The summed E-state index contributed by atoms with van der Waals surface area (Å²) in [5, 5.41) is 17.4. The van der Waals surface area contributed by atoms with Crippen LogP contribution in [0.25, 0.3) is 5.57 Å². The van der Waals surface area contributed by atoms with Crippen LogP contribution >= 0.6 is 0 Å². The molecule has 0 aliphatic rings. The van der Waals surface area contributed by atoms with E-state index in [1.807, 2.05) is 32.1 Å². The Hall–Kier alpha value is -2.55. The second kappa shape index (κ2) is 7.79. The molecule has 0 fully saturated rings. The molecule has 0 unspecified atom stereocenters. The molecule has 20 heavy (non-hydrogen) atoms. The second-order valence-corrected chi connectivity index (χ2v) is 4.19. The van der Waals surface area contributed by atoms with Gasteiger partial charge in [-0.15, -0.1) is 0 Å². The molecule has 0 spiro atoms. The van der Waals surface area contributed by atoms with Gasteiger partial charge in [-0.1, -0.05) is 36.4 Å². The minimum absolute atomic E-state index is 0.317. The Kier molecular flexibility index (Phi) is 6.04. The summed E-state index contributed by atoms with van der Waals surface area (Å²) in [5.41, 5.74) is 2.72. The molecule has 3 nitrogen and oxygen atoms in total. The number of aromatic carboxylic acids is 1. The van der Waals surface area contributed by atoms with Crippen LogP contribution in [-0.4, -0.2) is 16.2 Å². The number of hydrogen-bond acceptors (Lipinski definition) is 2. The highest BCUT2D eigenvalue weighted by molar-refractivity contribution is 5.87. The molecular formula is C17H18O3. The van der Waals surface area contributed by atoms with E-state index in [1.165, 1.54) is 5.57 Å². The fraction of sp³-hybridized carbons (Fsp3) is 0.118. The highest BCUT2D eigenvalue weighted by atomic mass is 16.4. The average Bonchev–Trinajstić information content (AvgIpc) is 2.49. The molecule has 0 amide bonds. The molecule has 2 aromatic carbocycles. The zero-order valence-corrected chi connectivity index (χ0v) is 11.6. The maximum atomic E-state index is 10.2. The van der Waals surface area contributed by atoms with Crippen molar-refractivity contribution in [3.8, 4) is 5.75 Å².